The van der Waals surface area contributed by atoms with Crippen molar-refractivity contribution in [2.45, 2.75) is 46.6 Å². The quantitative estimate of drug-likeness (QED) is 0.941. The average Bonchev–Trinajstić information content (AvgIpc) is 2.93. The number of anilines is 1. The van der Waals surface area contributed by atoms with E-state index in [1.807, 2.05) is 19.1 Å². The lowest BCUT2D eigenvalue weighted by Crippen LogP contribution is -2.22. The molecule has 5 heteroatoms. The second kappa shape index (κ2) is 5.13. The van der Waals surface area contributed by atoms with Crippen molar-refractivity contribution in [3.8, 4) is 5.69 Å². The van der Waals surface area contributed by atoms with Crippen molar-refractivity contribution in [3.63, 3.8) is 0 Å². The Hall–Kier alpha value is -1.91. The Bertz CT molecular complexity index is 631. The van der Waals surface area contributed by atoms with E-state index >= 15 is 0 Å². The summed E-state index contributed by atoms with van der Waals surface area (Å²) in [5.41, 5.74) is 2.56. The molecule has 0 spiro atoms. The number of hydrogen-bond donors (Lipinski definition) is 1. The van der Waals surface area contributed by atoms with E-state index < -0.39 is 0 Å². The highest BCUT2D eigenvalue weighted by Crippen LogP contribution is 2.42. The Morgan fingerprint density at radius 2 is 2.10 bits per heavy atom. The van der Waals surface area contributed by atoms with Gasteiger partial charge in [-0.1, -0.05) is 26.8 Å². The third kappa shape index (κ3) is 2.91. The molecule has 5 nitrogen and oxygen atoms in total. The summed E-state index contributed by atoms with van der Waals surface area (Å²) in [7, 11) is 0. The molecule has 1 aliphatic carbocycles. The Labute approximate surface area is 125 Å². The second-order valence-corrected chi connectivity index (χ2v) is 6.99. The van der Waals surface area contributed by atoms with Crippen LogP contribution in [0.5, 0.6) is 0 Å². The zero-order chi connectivity index (χ0) is 15.0. The molecular formula is C16H23N5. The van der Waals surface area contributed by atoms with Gasteiger partial charge < -0.3 is 5.32 Å². The number of rotatable bonds is 3. The van der Waals surface area contributed by atoms with Gasteiger partial charge in [0.1, 0.15) is 0 Å². The van der Waals surface area contributed by atoms with Gasteiger partial charge in [0.2, 0.25) is 0 Å². The third-order valence-corrected chi connectivity index (χ3v) is 4.40. The second-order valence-electron chi connectivity index (χ2n) is 6.99. The van der Waals surface area contributed by atoms with Gasteiger partial charge in [-0.05, 0) is 59.7 Å². The lowest BCUT2D eigenvalue weighted by atomic mass is 9.91. The van der Waals surface area contributed by atoms with Gasteiger partial charge in [0.05, 0.1) is 5.69 Å². The first kappa shape index (κ1) is 14.0. The lowest BCUT2D eigenvalue weighted by molar-refractivity contribution is 0.366. The highest BCUT2D eigenvalue weighted by molar-refractivity contribution is 5.51. The van der Waals surface area contributed by atoms with E-state index in [1.165, 1.54) is 12.8 Å². The highest BCUT2D eigenvalue weighted by atomic mass is 15.5. The number of hydrogen-bond acceptors (Lipinski definition) is 4. The van der Waals surface area contributed by atoms with Crippen molar-refractivity contribution in [2.75, 3.05) is 5.32 Å². The molecule has 21 heavy (non-hydrogen) atoms. The van der Waals surface area contributed by atoms with Crippen molar-refractivity contribution >= 4 is 5.69 Å². The van der Waals surface area contributed by atoms with Crippen molar-refractivity contribution in [1.29, 1.82) is 0 Å². The molecule has 1 saturated carbocycles. The minimum Gasteiger partial charge on any atom is -0.382 e. The van der Waals surface area contributed by atoms with E-state index in [0.717, 1.165) is 17.2 Å². The van der Waals surface area contributed by atoms with E-state index in [4.69, 9.17) is 0 Å². The fourth-order valence-corrected chi connectivity index (χ4v) is 3.50. The topological polar surface area (TPSA) is 55.6 Å². The number of aryl methyl sites for hydroxylation is 1. The largest absolute Gasteiger partial charge is 0.382 e. The van der Waals surface area contributed by atoms with Crippen LogP contribution in [0.15, 0.2) is 24.3 Å². The number of benzene rings is 1. The van der Waals surface area contributed by atoms with Crippen molar-refractivity contribution < 1.29 is 0 Å². The van der Waals surface area contributed by atoms with Gasteiger partial charge in [-0.2, -0.15) is 4.68 Å². The van der Waals surface area contributed by atoms with Gasteiger partial charge in [0, 0.05) is 11.7 Å². The molecule has 1 aliphatic rings. The third-order valence-electron chi connectivity index (χ3n) is 4.40. The molecule has 0 amide bonds. The standard InChI is InChI=1S/C16H23N5/c1-11-9-16(3,4)10-15(11)17-13-6-5-7-14(8-13)21-12(2)18-19-20-21/h5-8,11,15,17H,9-10H2,1-4H3. The highest BCUT2D eigenvalue weighted by Gasteiger charge is 2.36. The summed E-state index contributed by atoms with van der Waals surface area (Å²) in [5.74, 6) is 1.49. The van der Waals surface area contributed by atoms with Crippen LogP contribution in [0.1, 0.15) is 39.4 Å². The van der Waals surface area contributed by atoms with Gasteiger partial charge in [0.25, 0.3) is 0 Å². The number of tetrazole rings is 1. The Balaban J connectivity index is 1.80. The molecule has 2 unspecified atom stereocenters. The molecule has 0 radical (unpaired) electrons. The molecule has 1 aromatic carbocycles. The summed E-state index contributed by atoms with van der Waals surface area (Å²) in [4.78, 5) is 0. The van der Waals surface area contributed by atoms with Crippen LogP contribution in [-0.4, -0.2) is 26.2 Å². The van der Waals surface area contributed by atoms with Gasteiger partial charge in [0.15, 0.2) is 5.82 Å². The maximum absolute atomic E-state index is 4.02. The van der Waals surface area contributed by atoms with Crippen LogP contribution in [0, 0.1) is 18.3 Å². The van der Waals surface area contributed by atoms with E-state index in [2.05, 4.69) is 53.7 Å². The van der Waals surface area contributed by atoms with Crippen molar-refractivity contribution in [2.24, 2.45) is 11.3 Å². The molecule has 1 aromatic heterocycles. The predicted octanol–water partition coefficient (Wildman–Crippen LogP) is 3.21. The normalized spacial score (nSPS) is 24.2. The minimum atomic E-state index is 0.432. The summed E-state index contributed by atoms with van der Waals surface area (Å²) >= 11 is 0. The monoisotopic (exact) mass is 285 g/mol. The summed E-state index contributed by atoms with van der Waals surface area (Å²) in [6.45, 7) is 8.95. The number of aromatic nitrogens is 4. The average molecular weight is 285 g/mol. The minimum absolute atomic E-state index is 0.432. The predicted molar refractivity (Wildman–Crippen MR) is 83.5 cm³/mol. The molecular weight excluding hydrogens is 262 g/mol. The molecule has 112 valence electrons. The van der Waals surface area contributed by atoms with Gasteiger partial charge in [-0.25, -0.2) is 0 Å². The SMILES string of the molecule is Cc1nnnn1-c1cccc(NC2CC(C)(C)CC2C)c1. The van der Waals surface area contributed by atoms with Crippen LogP contribution in [-0.2, 0) is 0 Å². The number of nitrogens with one attached hydrogen (secondary N) is 1. The maximum atomic E-state index is 4.02. The fraction of sp³-hybridized carbons (Fsp3) is 0.562. The van der Waals surface area contributed by atoms with Crippen LogP contribution >= 0.6 is 0 Å². The van der Waals surface area contributed by atoms with E-state index in [1.54, 1.807) is 4.68 Å². The summed E-state index contributed by atoms with van der Waals surface area (Å²) in [6, 6.07) is 8.83. The molecule has 1 N–H and O–H groups in total. The summed E-state index contributed by atoms with van der Waals surface area (Å²) in [5, 5.41) is 15.4. The molecule has 0 aliphatic heterocycles. The van der Waals surface area contributed by atoms with E-state index in [0.29, 0.717) is 17.4 Å². The van der Waals surface area contributed by atoms with Crippen LogP contribution < -0.4 is 5.32 Å². The van der Waals surface area contributed by atoms with E-state index in [9.17, 15) is 0 Å². The van der Waals surface area contributed by atoms with Crippen LogP contribution in [0.25, 0.3) is 5.69 Å². The molecule has 0 saturated heterocycles. The first-order valence-electron chi connectivity index (χ1n) is 7.57. The fourth-order valence-electron chi connectivity index (χ4n) is 3.50. The molecule has 0 bridgehead atoms. The lowest BCUT2D eigenvalue weighted by Gasteiger charge is -2.20. The van der Waals surface area contributed by atoms with Crippen molar-refractivity contribution in [3.05, 3.63) is 30.1 Å². The van der Waals surface area contributed by atoms with Gasteiger partial charge in [-0.15, -0.1) is 5.10 Å². The zero-order valence-corrected chi connectivity index (χ0v) is 13.2. The number of nitrogens with zero attached hydrogens (tertiary/aromatic N) is 4. The molecule has 2 aromatic rings. The molecule has 3 rings (SSSR count). The van der Waals surface area contributed by atoms with Gasteiger partial charge >= 0.3 is 0 Å². The Morgan fingerprint density at radius 1 is 1.29 bits per heavy atom. The zero-order valence-electron chi connectivity index (χ0n) is 13.2. The van der Waals surface area contributed by atoms with Crippen molar-refractivity contribution in [1.82, 2.24) is 20.2 Å². The molecule has 2 atom stereocenters. The summed E-state index contributed by atoms with van der Waals surface area (Å²) in [6.07, 6.45) is 2.48. The van der Waals surface area contributed by atoms with Crippen LogP contribution in [0.2, 0.25) is 0 Å². The molecule has 1 heterocycles. The van der Waals surface area contributed by atoms with E-state index in [-0.39, 0.29) is 0 Å². The summed E-state index contributed by atoms with van der Waals surface area (Å²) < 4.78 is 1.76. The molecule has 1 fully saturated rings. The van der Waals surface area contributed by atoms with Gasteiger partial charge in [-0.3, -0.25) is 0 Å². The first-order valence-corrected chi connectivity index (χ1v) is 7.57. The first-order chi connectivity index (χ1) is 9.94. The van der Waals surface area contributed by atoms with Crippen LogP contribution in [0.4, 0.5) is 5.69 Å². The Kier molecular flexibility index (Phi) is 3.43. The van der Waals surface area contributed by atoms with Crippen LogP contribution in [0.3, 0.4) is 0 Å². The smallest absolute Gasteiger partial charge is 0.153 e. The maximum Gasteiger partial charge on any atom is 0.153 e. The Morgan fingerprint density at radius 3 is 2.71 bits per heavy atom.